The van der Waals surface area contributed by atoms with E-state index in [2.05, 4.69) is 14.8 Å². The van der Waals surface area contributed by atoms with Gasteiger partial charge in [0.05, 0.1) is 24.4 Å². The van der Waals surface area contributed by atoms with Crippen molar-refractivity contribution in [2.75, 3.05) is 13.7 Å². The standard InChI is InChI=1S/C18H31N3O14P2/c1-9-7-21(17(24)19-16(9)23)13-5-11(22)12(33-13)8-31-36(26,27)35-37(28,29)34-14-6-18(3,20-25)15(30-4)10(2)32-14/h7,10-15,20,22,25H,5-6,8H2,1-4H3,(H,26,27)(H,28,29)(H,19,23,24)/t10-,11-,12+,13+,14+,15-,18-/m0/s1. The highest BCUT2D eigenvalue weighted by atomic mass is 31.3. The van der Waals surface area contributed by atoms with Crippen LogP contribution in [0, 0.1) is 6.92 Å². The Hall–Kier alpha value is -1.30. The molecule has 6 N–H and O–H groups in total. The number of H-pyrrole nitrogens is 1. The molecule has 2 aliphatic rings. The molecule has 0 spiro atoms. The summed E-state index contributed by atoms with van der Waals surface area (Å²) in [5.74, 6) is 0. The van der Waals surface area contributed by atoms with Crippen molar-refractivity contribution in [3.05, 3.63) is 32.6 Å². The molecule has 0 aliphatic carbocycles. The summed E-state index contributed by atoms with van der Waals surface area (Å²) in [5, 5.41) is 19.8. The Morgan fingerprint density at radius 1 is 1.27 bits per heavy atom. The van der Waals surface area contributed by atoms with Crippen LogP contribution in [-0.2, 0) is 36.7 Å². The Kier molecular flexibility index (Phi) is 9.35. The fourth-order valence-corrected chi connectivity index (χ4v) is 6.43. The topological polar surface area (TPSA) is 237 Å². The van der Waals surface area contributed by atoms with E-state index in [1.165, 1.54) is 20.2 Å². The van der Waals surface area contributed by atoms with Crippen molar-refractivity contribution in [1.82, 2.24) is 15.0 Å². The summed E-state index contributed by atoms with van der Waals surface area (Å²) in [6.45, 7) is 3.81. The molecule has 0 saturated carbocycles. The molecular formula is C18H31N3O14P2. The van der Waals surface area contributed by atoms with Gasteiger partial charge in [-0.2, -0.15) is 9.79 Å². The van der Waals surface area contributed by atoms with Crippen molar-refractivity contribution in [2.24, 2.45) is 0 Å². The summed E-state index contributed by atoms with van der Waals surface area (Å²) < 4.78 is 55.9. The van der Waals surface area contributed by atoms with Crippen LogP contribution in [0.4, 0.5) is 0 Å². The number of nitrogens with zero attached hydrogens (tertiary/aromatic N) is 1. The second-order valence-corrected chi connectivity index (χ2v) is 12.0. The zero-order valence-corrected chi connectivity index (χ0v) is 22.2. The second-order valence-electron chi connectivity index (χ2n) is 8.99. The molecule has 0 amide bonds. The summed E-state index contributed by atoms with van der Waals surface area (Å²) in [5.41, 5.74) is -0.258. The Morgan fingerprint density at radius 3 is 2.57 bits per heavy atom. The van der Waals surface area contributed by atoms with Crippen LogP contribution in [0.2, 0.25) is 0 Å². The summed E-state index contributed by atoms with van der Waals surface area (Å²) in [4.78, 5) is 45.7. The normalized spacial score (nSPS) is 35.7. The van der Waals surface area contributed by atoms with Gasteiger partial charge in [0.1, 0.15) is 18.4 Å². The highest BCUT2D eigenvalue weighted by Gasteiger charge is 2.49. The molecule has 1 aromatic heterocycles. The Labute approximate surface area is 210 Å². The van der Waals surface area contributed by atoms with Crippen LogP contribution in [0.25, 0.3) is 0 Å². The quantitative estimate of drug-likeness (QED) is 0.154. The minimum absolute atomic E-state index is 0.116. The number of aliphatic hydroxyl groups excluding tert-OH is 1. The highest BCUT2D eigenvalue weighted by Crippen LogP contribution is 2.61. The molecule has 19 heteroatoms. The first kappa shape index (κ1) is 30.2. The van der Waals surface area contributed by atoms with E-state index in [4.69, 9.17) is 23.3 Å². The fraction of sp³-hybridized carbons (Fsp3) is 0.778. The maximum atomic E-state index is 12.4. The molecule has 0 radical (unpaired) electrons. The van der Waals surface area contributed by atoms with Crippen molar-refractivity contribution in [1.29, 1.82) is 0 Å². The molecule has 3 heterocycles. The molecule has 0 bridgehead atoms. The van der Waals surface area contributed by atoms with Gasteiger partial charge in [0.25, 0.3) is 5.56 Å². The number of hydroxylamine groups is 1. The Morgan fingerprint density at radius 2 is 1.95 bits per heavy atom. The van der Waals surface area contributed by atoms with Crippen LogP contribution in [0.5, 0.6) is 0 Å². The number of rotatable bonds is 10. The second kappa shape index (κ2) is 11.4. The third-order valence-corrected chi connectivity index (χ3v) is 8.67. The van der Waals surface area contributed by atoms with Gasteiger partial charge in [0.15, 0.2) is 6.29 Å². The van der Waals surface area contributed by atoms with Gasteiger partial charge in [0, 0.05) is 31.7 Å². The Balaban J connectivity index is 1.59. The van der Waals surface area contributed by atoms with Crippen LogP contribution in [0.1, 0.15) is 38.5 Å². The maximum Gasteiger partial charge on any atom is 0.483 e. The monoisotopic (exact) mass is 575 g/mol. The summed E-state index contributed by atoms with van der Waals surface area (Å²) in [6.07, 6.45) is -5.41. The number of hydrogen-bond acceptors (Lipinski definition) is 13. The molecule has 212 valence electrons. The zero-order chi connectivity index (χ0) is 27.8. The zero-order valence-electron chi connectivity index (χ0n) is 20.4. The third kappa shape index (κ3) is 7.22. The van der Waals surface area contributed by atoms with Crippen molar-refractivity contribution in [3.8, 4) is 0 Å². The van der Waals surface area contributed by atoms with E-state index in [-0.39, 0.29) is 18.4 Å². The van der Waals surface area contributed by atoms with Gasteiger partial charge in [-0.15, -0.1) is 0 Å². The van der Waals surface area contributed by atoms with Crippen molar-refractivity contribution in [3.63, 3.8) is 0 Å². The van der Waals surface area contributed by atoms with Crippen LogP contribution in [-0.4, -0.2) is 79.6 Å². The average molecular weight is 575 g/mol. The predicted molar refractivity (Wildman–Crippen MR) is 121 cm³/mol. The van der Waals surface area contributed by atoms with E-state index in [0.717, 1.165) is 4.57 Å². The first-order valence-electron chi connectivity index (χ1n) is 11.0. The minimum Gasteiger partial charge on any atom is -0.390 e. The van der Waals surface area contributed by atoms with E-state index >= 15 is 0 Å². The number of hydrogen-bond donors (Lipinski definition) is 6. The first-order valence-corrected chi connectivity index (χ1v) is 14.0. The first-order chi connectivity index (χ1) is 17.1. The lowest BCUT2D eigenvalue weighted by Gasteiger charge is -2.45. The molecule has 2 aliphatic heterocycles. The van der Waals surface area contributed by atoms with Gasteiger partial charge < -0.3 is 34.3 Å². The molecule has 17 nitrogen and oxygen atoms in total. The van der Waals surface area contributed by atoms with E-state index in [0.29, 0.717) is 0 Å². The van der Waals surface area contributed by atoms with E-state index in [9.17, 15) is 38.8 Å². The molecule has 2 saturated heterocycles. The number of phosphoric ester groups is 2. The molecule has 9 atom stereocenters. The molecular weight excluding hydrogens is 544 g/mol. The number of nitrogens with one attached hydrogen (secondary N) is 2. The van der Waals surface area contributed by atoms with Gasteiger partial charge in [-0.25, -0.2) is 13.9 Å². The molecule has 1 aromatic rings. The SMILES string of the molecule is CO[C@H]1[C@H](C)O[C@H](OP(=O)(O)OP(=O)(O)OC[C@H]2O[C@@H](n3cc(C)c(=O)[nH]c3=O)C[C@@H]2O)C[C@]1(C)NO. The van der Waals surface area contributed by atoms with Crippen LogP contribution in [0.15, 0.2) is 15.8 Å². The molecule has 0 aromatic carbocycles. The lowest BCUT2D eigenvalue weighted by atomic mass is 9.86. The number of aliphatic hydroxyl groups is 1. The van der Waals surface area contributed by atoms with Crippen LogP contribution >= 0.6 is 15.6 Å². The number of aromatic nitrogens is 2. The van der Waals surface area contributed by atoms with Gasteiger partial charge in [-0.1, -0.05) is 0 Å². The van der Waals surface area contributed by atoms with Crippen molar-refractivity contribution < 1.29 is 56.8 Å². The van der Waals surface area contributed by atoms with Crippen LogP contribution in [0.3, 0.4) is 0 Å². The number of aryl methyl sites for hydroxylation is 1. The van der Waals surface area contributed by atoms with Gasteiger partial charge in [-0.3, -0.25) is 23.4 Å². The molecule has 2 unspecified atom stereocenters. The van der Waals surface area contributed by atoms with E-state index in [1.54, 1.807) is 13.8 Å². The summed E-state index contributed by atoms with van der Waals surface area (Å²) >= 11 is 0. The van der Waals surface area contributed by atoms with Crippen molar-refractivity contribution in [2.45, 2.75) is 76.1 Å². The predicted octanol–water partition coefficient (Wildman–Crippen LogP) is -0.369. The molecule has 37 heavy (non-hydrogen) atoms. The smallest absolute Gasteiger partial charge is 0.390 e. The highest BCUT2D eigenvalue weighted by molar-refractivity contribution is 7.61. The lowest BCUT2D eigenvalue weighted by molar-refractivity contribution is -0.234. The largest absolute Gasteiger partial charge is 0.483 e. The number of phosphoric acid groups is 2. The number of methoxy groups -OCH3 is 1. The summed E-state index contributed by atoms with van der Waals surface area (Å²) in [7, 11) is -9.11. The van der Waals surface area contributed by atoms with Crippen LogP contribution < -0.4 is 16.7 Å². The number of ether oxygens (including phenoxy) is 3. The van der Waals surface area contributed by atoms with E-state index < -0.39 is 76.0 Å². The lowest BCUT2D eigenvalue weighted by Crippen LogP contribution is -2.62. The van der Waals surface area contributed by atoms with Gasteiger partial charge in [0.2, 0.25) is 0 Å². The van der Waals surface area contributed by atoms with Gasteiger partial charge >= 0.3 is 21.3 Å². The average Bonchev–Trinajstić information content (AvgIpc) is 3.14. The molecule has 3 rings (SSSR count). The number of aromatic amines is 1. The fourth-order valence-electron chi connectivity index (χ4n) is 4.29. The van der Waals surface area contributed by atoms with Gasteiger partial charge in [-0.05, 0) is 20.8 Å². The van der Waals surface area contributed by atoms with Crippen molar-refractivity contribution >= 4 is 15.6 Å². The molecule has 2 fully saturated rings. The maximum absolute atomic E-state index is 12.4. The summed E-state index contributed by atoms with van der Waals surface area (Å²) in [6, 6.07) is 0. The third-order valence-electron chi connectivity index (χ3n) is 6.04. The Bertz CT molecular complexity index is 1180. The minimum atomic E-state index is -5.25. The van der Waals surface area contributed by atoms with E-state index in [1.807, 2.05) is 0 Å².